The number of amides is 2. The molecule has 2 N–H and O–H groups in total. The van der Waals surface area contributed by atoms with Crippen molar-refractivity contribution in [2.45, 2.75) is 38.8 Å². The van der Waals surface area contributed by atoms with Gasteiger partial charge in [0, 0.05) is 6.07 Å². The molecule has 0 bridgehead atoms. The average molecular weight is 432 g/mol. The van der Waals surface area contributed by atoms with E-state index in [1.165, 1.54) is 7.11 Å². The quantitative estimate of drug-likeness (QED) is 0.597. The van der Waals surface area contributed by atoms with Gasteiger partial charge in [-0.25, -0.2) is 13.6 Å². The number of methoxy groups -OCH3 is 1. The monoisotopic (exact) mass is 432 g/mol. The summed E-state index contributed by atoms with van der Waals surface area (Å²) in [5, 5.41) is 5.26. The van der Waals surface area contributed by atoms with Gasteiger partial charge in [-0.05, 0) is 29.2 Å². The third-order valence-corrected chi connectivity index (χ3v) is 4.96. The SMILES string of the molecule is CC[C@H](C)[C@H](NC(=O)Cc1cc(F)cc(F)c1)C(=O)N[C@H](C(=O)OC)c1ccccc1. The molecule has 0 saturated carbocycles. The van der Waals surface area contributed by atoms with Crippen LogP contribution in [0.4, 0.5) is 8.78 Å². The molecule has 2 aromatic carbocycles. The second-order valence-electron chi connectivity index (χ2n) is 7.26. The molecule has 0 aliphatic rings. The fourth-order valence-electron chi connectivity index (χ4n) is 3.10. The fourth-order valence-corrected chi connectivity index (χ4v) is 3.10. The lowest BCUT2D eigenvalue weighted by molar-refractivity contribution is -0.145. The Balaban J connectivity index is 2.17. The number of hydrogen-bond acceptors (Lipinski definition) is 4. The maximum Gasteiger partial charge on any atom is 0.333 e. The predicted octanol–water partition coefficient (Wildman–Crippen LogP) is 3.07. The molecule has 31 heavy (non-hydrogen) atoms. The van der Waals surface area contributed by atoms with Crippen LogP contribution in [-0.2, 0) is 25.5 Å². The Morgan fingerprint density at radius 2 is 1.61 bits per heavy atom. The van der Waals surface area contributed by atoms with Crippen molar-refractivity contribution in [2.75, 3.05) is 7.11 Å². The van der Waals surface area contributed by atoms with E-state index in [0.29, 0.717) is 18.1 Å². The zero-order valence-corrected chi connectivity index (χ0v) is 17.7. The van der Waals surface area contributed by atoms with Gasteiger partial charge < -0.3 is 15.4 Å². The predicted molar refractivity (Wildman–Crippen MR) is 111 cm³/mol. The van der Waals surface area contributed by atoms with Crippen molar-refractivity contribution in [1.29, 1.82) is 0 Å². The molecule has 0 spiro atoms. The summed E-state index contributed by atoms with van der Waals surface area (Å²) >= 11 is 0. The van der Waals surface area contributed by atoms with Crippen molar-refractivity contribution in [3.05, 3.63) is 71.3 Å². The molecule has 0 radical (unpaired) electrons. The van der Waals surface area contributed by atoms with E-state index in [2.05, 4.69) is 10.6 Å². The van der Waals surface area contributed by atoms with Gasteiger partial charge in [-0.3, -0.25) is 9.59 Å². The van der Waals surface area contributed by atoms with Crippen molar-refractivity contribution < 1.29 is 27.9 Å². The highest BCUT2D eigenvalue weighted by Crippen LogP contribution is 2.17. The molecule has 0 aromatic heterocycles. The average Bonchev–Trinajstić information content (AvgIpc) is 2.74. The molecule has 3 atom stereocenters. The summed E-state index contributed by atoms with van der Waals surface area (Å²) in [6.45, 7) is 3.64. The van der Waals surface area contributed by atoms with Crippen LogP contribution in [0.1, 0.15) is 37.4 Å². The molecule has 166 valence electrons. The van der Waals surface area contributed by atoms with Crippen LogP contribution < -0.4 is 10.6 Å². The summed E-state index contributed by atoms with van der Waals surface area (Å²) in [6.07, 6.45) is 0.273. The van der Waals surface area contributed by atoms with Crippen LogP contribution in [0.5, 0.6) is 0 Å². The lowest BCUT2D eigenvalue weighted by Gasteiger charge is -2.26. The molecule has 6 nitrogen and oxygen atoms in total. The van der Waals surface area contributed by atoms with E-state index in [9.17, 15) is 23.2 Å². The molecular formula is C23H26F2N2O4. The van der Waals surface area contributed by atoms with Crippen LogP contribution in [-0.4, -0.2) is 30.9 Å². The fraction of sp³-hybridized carbons (Fsp3) is 0.348. The molecule has 0 aliphatic heterocycles. The van der Waals surface area contributed by atoms with E-state index in [4.69, 9.17) is 4.74 Å². The van der Waals surface area contributed by atoms with E-state index in [1.807, 2.05) is 6.92 Å². The third kappa shape index (κ3) is 6.87. The number of nitrogens with one attached hydrogen (secondary N) is 2. The van der Waals surface area contributed by atoms with E-state index in [1.54, 1.807) is 37.3 Å². The van der Waals surface area contributed by atoms with E-state index in [0.717, 1.165) is 12.1 Å². The Bertz CT molecular complexity index is 901. The summed E-state index contributed by atoms with van der Waals surface area (Å²) < 4.78 is 31.6. The first-order valence-electron chi connectivity index (χ1n) is 9.92. The Hall–Kier alpha value is -3.29. The summed E-state index contributed by atoms with van der Waals surface area (Å²) in [5.41, 5.74) is 0.683. The van der Waals surface area contributed by atoms with Crippen molar-refractivity contribution in [3.63, 3.8) is 0 Å². The number of benzene rings is 2. The molecule has 0 aliphatic carbocycles. The van der Waals surface area contributed by atoms with Gasteiger partial charge in [0.2, 0.25) is 11.8 Å². The summed E-state index contributed by atoms with van der Waals surface area (Å²) in [7, 11) is 1.22. The van der Waals surface area contributed by atoms with Gasteiger partial charge >= 0.3 is 5.97 Å². The van der Waals surface area contributed by atoms with E-state index in [-0.39, 0.29) is 17.9 Å². The Labute approximate surface area is 180 Å². The molecule has 0 saturated heterocycles. The Morgan fingerprint density at radius 3 is 2.16 bits per heavy atom. The van der Waals surface area contributed by atoms with Crippen LogP contribution in [0.2, 0.25) is 0 Å². The standard InChI is InChI=1S/C23H26F2N2O4/c1-4-14(2)20(26-19(28)12-15-10-17(24)13-18(25)11-15)22(29)27-21(23(30)31-3)16-8-6-5-7-9-16/h5-11,13-14,20-21H,4,12H2,1-3H3,(H,26,28)(H,27,29)/t14-,20-,21-/m0/s1. The summed E-state index contributed by atoms with van der Waals surface area (Å²) in [6, 6.07) is 9.42. The first kappa shape index (κ1) is 24.0. The summed E-state index contributed by atoms with van der Waals surface area (Å²) in [4.78, 5) is 37.7. The van der Waals surface area contributed by atoms with Gasteiger partial charge in [-0.2, -0.15) is 0 Å². The number of esters is 1. The first-order valence-corrected chi connectivity index (χ1v) is 9.92. The van der Waals surface area contributed by atoms with Crippen LogP contribution in [0.15, 0.2) is 48.5 Å². The zero-order chi connectivity index (χ0) is 23.0. The maximum absolute atomic E-state index is 13.4. The smallest absolute Gasteiger partial charge is 0.333 e. The number of rotatable bonds is 9. The van der Waals surface area contributed by atoms with Gasteiger partial charge in [0.15, 0.2) is 6.04 Å². The van der Waals surface area contributed by atoms with Crippen molar-refractivity contribution in [2.24, 2.45) is 5.92 Å². The molecule has 0 fully saturated rings. The lowest BCUT2D eigenvalue weighted by atomic mass is 9.97. The highest BCUT2D eigenvalue weighted by molar-refractivity contribution is 5.91. The second kappa shape index (κ2) is 11.2. The minimum absolute atomic E-state index is 0.148. The number of hydrogen-bond donors (Lipinski definition) is 2. The Kier molecular flexibility index (Phi) is 8.66. The molecule has 2 rings (SSSR count). The molecule has 8 heteroatoms. The zero-order valence-electron chi connectivity index (χ0n) is 17.7. The van der Waals surface area contributed by atoms with Gasteiger partial charge in [0.05, 0.1) is 13.5 Å². The maximum atomic E-state index is 13.4. The number of carbonyl (C=O) groups is 3. The van der Waals surface area contributed by atoms with Crippen LogP contribution in [0.25, 0.3) is 0 Å². The van der Waals surface area contributed by atoms with Crippen LogP contribution >= 0.6 is 0 Å². The summed E-state index contributed by atoms with van der Waals surface area (Å²) in [5.74, 6) is -3.62. The van der Waals surface area contributed by atoms with Crippen molar-refractivity contribution in [3.8, 4) is 0 Å². The van der Waals surface area contributed by atoms with Gasteiger partial charge in [-0.15, -0.1) is 0 Å². The van der Waals surface area contributed by atoms with Crippen LogP contribution in [0.3, 0.4) is 0 Å². The molecule has 0 heterocycles. The molecule has 0 unspecified atom stereocenters. The Morgan fingerprint density at radius 1 is 1.00 bits per heavy atom. The third-order valence-electron chi connectivity index (χ3n) is 4.96. The number of carbonyl (C=O) groups excluding carboxylic acids is 3. The van der Waals surface area contributed by atoms with Crippen molar-refractivity contribution >= 4 is 17.8 Å². The number of halogens is 2. The topological polar surface area (TPSA) is 84.5 Å². The van der Waals surface area contributed by atoms with E-state index >= 15 is 0 Å². The minimum atomic E-state index is -1.04. The van der Waals surface area contributed by atoms with Gasteiger partial charge in [-0.1, -0.05) is 50.6 Å². The lowest BCUT2D eigenvalue weighted by Crippen LogP contribution is -2.52. The van der Waals surface area contributed by atoms with Crippen molar-refractivity contribution in [1.82, 2.24) is 10.6 Å². The molecule has 2 aromatic rings. The first-order chi connectivity index (χ1) is 14.7. The van der Waals surface area contributed by atoms with E-state index < -0.39 is 41.5 Å². The highest BCUT2D eigenvalue weighted by atomic mass is 19.1. The number of ether oxygens (including phenoxy) is 1. The molecular weight excluding hydrogens is 406 g/mol. The van der Waals surface area contributed by atoms with Gasteiger partial charge in [0.25, 0.3) is 0 Å². The largest absolute Gasteiger partial charge is 0.467 e. The minimum Gasteiger partial charge on any atom is -0.467 e. The molecule has 2 amide bonds. The second-order valence-corrected chi connectivity index (χ2v) is 7.26. The van der Waals surface area contributed by atoms with Crippen LogP contribution in [0, 0.1) is 17.6 Å². The highest BCUT2D eigenvalue weighted by Gasteiger charge is 2.31. The normalized spacial score (nSPS) is 13.6. The van der Waals surface area contributed by atoms with Gasteiger partial charge in [0.1, 0.15) is 17.7 Å².